The summed E-state index contributed by atoms with van der Waals surface area (Å²) in [5.74, 6) is -0.746. The predicted molar refractivity (Wildman–Crippen MR) is 90.8 cm³/mol. The van der Waals surface area contributed by atoms with Crippen molar-refractivity contribution in [2.24, 2.45) is 0 Å². The number of hydrogen-bond acceptors (Lipinski definition) is 6. The number of benzene rings is 1. The minimum atomic E-state index is -0.943. The molecule has 0 aliphatic carbocycles. The molecule has 3 rings (SSSR count). The molecule has 2 saturated heterocycles. The fraction of sp³-hybridized carbons (Fsp3) is 0.684. The van der Waals surface area contributed by atoms with Gasteiger partial charge in [0.2, 0.25) is 0 Å². The summed E-state index contributed by atoms with van der Waals surface area (Å²) < 4.78 is 29.4. The van der Waals surface area contributed by atoms with Crippen molar-refractivity contribution in [2.45, 2.75) is 76.9 Å². The first-order valence-corrected chi connectivity index (χ1v) is 8.82. The Kier molecular flexibility index (Phi) is 5.78. The summed E-state index contributed by atoms with van der Waals surface area (Å²) in [5, 5.41) is 10.8. The summed E-state index contributed by atoms with van der Waals surface area (Å²) in [6.07, 6.45) is -3.12. The van der Waals surface area contributed by atoms with Crippen molar-refractivity contribution in [1.29, 1.82) is 0 Å². The lowest BCUT2D eigenvalue weighted by Gasteiger charge is -2.50. The van der Waals surface area contributed by atoms with Crippen LogP contribution in [0.1, 0.15) is 33.3 Å². The van der Waals surface area contributed by atoms with Gasteiger partial charge in [0.15, 0.2) is 12.1 Å². The molecule has 0 bridgehead atoms. The molecule has 6 heteroatoms. The highest BCUT2D eigenvalue weighted by atomic mass is 16.8. The molecule has 2 heterocycles. The highest BCUT2D eigenvalue weighted by molar-refractivity contribution is 5.13. The van der Waals surface area contributed by atoms with E-state index in [0.29, 0.717) is 13.2 Å². The molecule has 0 saturated carbocycles. The van der Waals surface area contributed by atoms with Crippen LogP contribution in [0.3, 0.4) is 0 Å². The lowest BCUT2D eigenvalue weighted by molar-refractivity contribution is -0.389. The smallest absolute Gasteiger partial charge is 0.186 e. The Morgan fingerprint density at radius 2 is 1.96 bits per heavy atom. The van der Waals surface area contributed by atoms with Crippen LogP contribution in [-0.4, -0.2) is 54.3 Å². The molecule has 1 aromatic rings. The van der Waals surface area contributed by atoms with Gasteiger partial charge in [0.05, 0.1) is 19.3 Å². The third-order valence-corrected chi connectivity index (χ3v) is 4.32. The van der Waals surface area contributed by atoms with Gasteiger partial charge in [0, 0.05) is 0 Å². The number of ether oxygens (including phenoxy) is 5. The fourth-order valence-electron chi connectivity index (χ4n) is 3.15. The Morgan fingerprint density at radius 1 is 1.24 bits per heavy atom. The van der Waals surface area contributed by atoms with Crippen molar-refractivity contribution in [2.75, 3.05) is 6.61 Å². The monoisotopic (exact) mass is 352 g/mol. The van der Waals surface area contributed by atoms with Crippen LogP contribution < -0.4 is 0 Å². The number of hydrogen-bond donors (Lipinski definition) is 1. The van der Waals surface area contributed by atoms with Crippen molar-refractivity contribution in [3.63, 3.8) is 0 Å². The molecule has 2 fully saturated rings. The molecule has 1 aromatic carbocycles. The van der Waals surface area contributed by atoms with E-state index in [-0.39, 0.29) is 12.2 Å². The van der Waals surface area contributed by atoms with Gasteiger partial charge in [-0.1, -0.05) is 30.3 Å². The first kappa shape index (κ1) is 18.8. The minimum absolute atomic E-state index is 0.0761. The number of fused-ring (bicyclic) bond motifs is 1. The van der Waals surface area contributed by atoms with Gasteiger partial charge in [-0.15, -0.1) is 0 Å². The van der Waals surface area contributed by atoms with Crippen LogP contribution in [0.4, 0.5) is 0 Å². The summed E-state index contributed by atoms with van der Waals surface area (Å²) in [7, 11) is 0. The van der Waals surface area contributed by atoms with Gasteiger partial charge in [-0.25, -0.2) is 0 Å². The Bertz CT molecular complexity index is 546. The molecular formula is C19H28O6. The third-order valence-electron chi connectivity index (χ3n) is 4.32. The summed E-state index contributed by atoms with van der Waals surface area (Å²) in [6, 6.07) is 9.85. The van der Waals surface area contributed by atoms with E-state index >= 15 is 0 Å². The highest BCUT2D eigenvalue weighted by Crippen LogP contribution is 2.34. The van der Waals surface area contributed by atoms with Crippen LogP contribution in [0.15, 0.2) is 30.3 Å². The first-order valence-electron chi connectivity index (χ1n) is 8.82. The highest BCUT2D eigenvalue weighted by Gasteiger charge is 2.52. The quantitative estimate of drug-likeness (QED) is 0.877. The molecule has 2 aliphatic heterocycles. The Balaban J connectivity index is 1.75. The maximum atomic E-state index is 10.8. The van der Waals surface area contributed by atoms with Gasteiger partial charge < -0.3 is 28.8 Å². The van der Waals surface area contributed by atoms with E-state index in [4.69, 9.17) is 23.7 Å². The van der Waals surface area contributed by atoms with Gasteiger partial charge in [-0.2, -0.15) is 0 Å². The maximum Gasteiger partial charge on any atom is 0.186 e. The second kappa shape index (κ2) is 7.70. The van der Waals surface area contributed by atoms with Crippen LogP contribution in [-0.2, 0) is 30.3 Å². The summed E-state index contributed by atoms with van der Waals surface area (Å²) in [6.45, 7) is 8.25. The minimum Gasteiger partial charge on any atom is -0.385 e. The van der Waals surface area contributed by atoms with Crippen LogP contribution in [0, 0.1) is 0 Å². The SMILES string of the molecule is CC(C)O[C@H]1O[C@@H]2COC(C)(C)O[C@H]2[C@H](OCc2ccccc2)[C@@H]1O. The number of aliphatic hydroxyl groups is 1. The lowest BCUT2D eigenvalue weighted by Crippen LogP contribution is -2.65. The average Bonchev–Trinajstić information content (AvgIpc) is 2.55. The maximum absolute atomic E-state index is 10.8. The molecular weight excluding hydrogens is 324 g/mol. The second-order valence-corrected chi connectivity index (χ2v) is 7.27. The normalized spacial score (nSPS) is 34.7. The summed E-state index contributed by atoms with van der Waals surface area (Å²) >= 11 is 0. The third kappa shape index (κ3) is 4.58. The van der Waals surface area contributed by atoms with E-state index in [1.807, 2.05) is 58.0 Å². The molecule has 6 nitrogen and oxygen atoms in total. The Morgan fingerprint density at radius 3 is 2.64 bits per heavy atom. The van der Waals surface area contributed by atoms with E-state index < -0.39 is 30.4 Å². The molecule has 0 amide bonds. The van der Waals surface area contributed by atoms with Crippen molar-refractivity contribution < 1.29 is 28.8 Å². The fourth-order valence-corrected chi connectivity index (χ4v) is 3.15. The molecule has 0 aromatic heterocycles. The van der Waals surface area contributed by atoms with E-state index in [9.17, 15) is 5.11 Å². The number of aliphatic hydroxyl groups excluding tert-OH is 1. The number of rotatable bonds is 5. The van der Waals surface area contributed by atoms with E-state index in [1.54, 1.807) is 0 Å². The Hall–Kier alpha value is -1.02. The molecule has 0 unspecified atom stereocenters. The molecule has 25 heavy (non-hydrogen) atoms. The lowest BCUT2D eigenvalue weighted by atomic mass is 9.97. The van der Waals surface area contributed by atoms with Crippen molar-refractivity contribution in [3.05, 3.63) is 35.9 Å². The zero-order valence-electron chi connectivity index (χ0n) is 15.3. The summed E-state index contributed by atoms with van der Waals surface area (Å²) in [4.78, 5) is 0. The molecule has 0 radical (unpaired) electrons. The van der Waals surface area contributed by atoms with Gasteiger partial charge >= 0.3 is 0 Å². The molecule has 2 aliphatic rings. The van der Waals surface area contributed by atoms with Crippen molar-refractivity contribution >= 4 is 0 Å². The van der Waals surface area contributed by atoms with Crippen LogP contribution >= 0.6 is 0 Å². The van der Waals surface area contributed by atoms with Gasteiger partial charge in [0.25, 0.3) is 0 Å². The van der Waals surface area contributed by atoms with Crippen LogP contribution in [0.2, 0.25) is 0 Å². The zero-order valence-corrected chi connectivity index (χ0v) is 15.3. The van der Waals surface area contributed by atoms with E-state index in [0.717, 1.165) is 5.56 Å². The van der Waals surface area contributed by atoms with E-state index in [1.165, 1.54) is 0 Å². The topological polar surface area (TPSA) is 66.4 Å². The van der Waals surface area contributed by atoms with Crippen LogP contribution in [0.5, 0.6) is 0 Å². The van der Waals surface area contributed by atoms with Crippen molar-refractivity contribution in [3.8, 4) is 0 Å². The zero-order chi connectivity index (χ0) is 18.0. The standard InChI is InChI=1S/C19H28O6/c1-12(2)23-18-15(20)17(21-10-13-8-6-5-7-9-13)16-14(24-18)11-22-19(3,4)25-16/h5-9,12,14-18,20H,10-11H2,1-4H3/t14-,15+,16-,17-,18+/m1/s1. The molecule has 0 spiro atoms. The van der Waals surface area contributed by atoms with Crippen molar-refractivity contribution in [1.82, 2.24) is 0 Å². The summed E-state index contributed by atoms with van der Waals surface area (Å²) in [5.41, 5.74) is 1.03. The molecule has 5 atom stereocenters. The van der Waals surface area contributed by atoms with Gasteiger partial charge in [0.1, 0.15) is 24.4 Å². The van der Waals surface area contributed by atoms with Gasteiger partial charge in [-0.05, 0) is 33.3 Å². The first-order chi connectivity index (χ1) is 11.9. The van der Waals surface area contributed by atoms with Crippen LogP contribution in [0.25, 0.3) is 0 Å². The Labute approximate surface area is 149 Å². The van der Waals surface area contributed by atoms with E-state index in [2.05, 4.69) is 0 Å². The van der Waals surface area contributed by atoms with Gasteiger partial charge in [-0.3, -0.25) is 0 Å². The second-order valence-electron chi connectivity index (χ2n) is 7.27. The molecule has 140 valence electrons. The molecule has 1 N–H and O–H groups in total. The predicted octanol–water partition coefficient (Wildman–Crippen LogP) is 2.23. The average molecular weight is 352 g/mol. The largest absolute Gasteiger partial charge is 0.385 e.